The summed E-state index contributed by atoms with van der Waals surface area (Å²) in [5.41, 5.74) is 0.220. The summed E-state index contributed by atoms with van der Waals surface area (Å²) in [5.74, 6) is -0.472. The highest BCUT2D eigenvalue weighted by molar-refractivity contribution is 7.89. The van der Waals surface area contributed by atoms with Crippen molar-refractivity contribution in [2.24, 2.45) is 12.2 Å². The molecule has 0 aliphatic rings. The number of fused-ring (bicyclic) bond motifs is 1. The van der Waals surface area contributed by atoms with E-state index in [4.69, 9.17) is 14.7 Å². The van der Waals surface area contributed by atoms with Crippen LogP contribution in [0.2, 0.25) is 0 Å². The number of sulfonamides is 1. The van der Waals surface area contributed by atoms with Crippen molar-refractivity contribution < 1.29 is 22.7 Å². The van der Waals surface area contributed by atoms with Crippen LogP contribution in [-0.2, 0) is 17.1 Å². The minimum atomic E-state index is -4.12. The van der Waals surface area contributed by atoms with Crippen LogP contribution in [0, 0.1) is 0 Å². The Morgan fingerprint density at radius 3 is 2.68 bits per heavy atom. The van der Waals surface area contributed by atoms with Gasteiger partial charge in [0.25, 0.3) is 0 Å². The lowest BCUT2D eigenvalue weighted by molar-refractivity contribution is 0.0697. The number of hydrogen-bond acceptors (Lipinski definition) is 5. The Kier molecular flexibility index (Phi) is 3.04. The number of primary sulfonamides is 1. The van der Waals surface area contributed by atoms with E-state index in [0.717, 1.165) is 6.07 Å². The van der Waals surface area contributed by atoms with Crippen molar-refractivity contribution in [1.82, 2.24) is 9.55 Å². The largest absolute Gasteiger partial charge is 0.478 e. The van der Waals surface area contributed by atoms with Crippen molar-refractivity contribution in [2.75, 3.05) is 0 Å². The van der Waals surface area contributed by atoms with E-state index in [-0.39, 0.29) is 21.5 Å². The second-order valence-corrected chi connectivity index (χ2v) is 6.19. The van der Waals surface area contributed by atoms with Gasteiger partial charge in [0.1, 0.15) is 4.90 Å². The molecule has 8 nitrogen and oxygen atoms in total. The first-order chi connectivity index (χ1) is 10.3. The topological polar surface area (TPSA) is 128 Å². The predicted octanol–water partition coefficient (Wildman–Crippen LogP) is 1.18. The van der Waals surface area contributed by atoms with Gasteiger partial charge in [0.2, 0.25) is 10.0 Å². The number of imidazole rings is 1. The van der Waals surface area contributed by atoms with E-state index in [0.29, 0.717) is 11.6 Å². The molecule has 0 aliphatic carbocycles. The zero-order valence-corrected chi connectivity index (χ0v) is 12.2. The van der Waals surface area contributed by atoms with Crippen LogP contribution < -0.4 is 5.14 Å². The highest BCUT2D eigenvalue weighted by atomic mass is 32.2. The third-order valence-electron chi connectivity index (χ3n) is 3.23. The first-order valence-corrected chi connectivity index (χ1v) is 7.64. The van der Waals surface area contributed by atoms with Crippen molar-refractivity contribution in [3.05, 3.63) is 36.1 Å². The van der Waals surface area contributed by atoms with Crippen LogP contribution in [0.15, 0.2) is 39.8 Å². The number of hydrogen-bond donors (Lipinski definition) is 2. The minimum absolute atomic E-state index is 0.206. The molecule has 0 saturated heterocycles. The average Bonchev–Trinajstić information content (AvgIpc) is 3.04. The van der Waals surface area contributed by atoms with Crippen molar-refractivity contribution in [1.29, 1.82) is 0 Å². The highest BCUT2D eigenvalue weighted by Gasteiger charge is 2.23. The molecule has 9 heteroatoms. The molecule has 2 heterocycles. The van der Waals surface area contributed by atoms with E-state index >= 15 is 0 Å². The summed E-state index contributed by atoms with van der Waals surface area (Å²) < 4.78 is 30.3. The first-order valence-electron chi connectivity index (χ1n) is 6.09. The molecule has 3 rings (SSSR count). The highest BCUT2D eigenvalue weighted by Crippen LogP contribution is 2.29. The Balaban J connectivity index is 2.44. The molecule has 0 aliphatic heterocycles. The molecule has 3 N–H and O–H groups in total. The molecular formula is C13H11N3O5S. The Morgan fingerprint density at radius 1 is 1.41 bits per heavy atom. The maximum atomic E-state index is 11.8. The summed E-state index contributed by atoms with van der Waals surface area (Å²) in [6, 6.07) is 5.64. The van der Waals surface area contributed by atoms with Crippen molar-refractivity contribution in [2.45, 2.75) is 4.90 Å². The molecule has 22 heavy (non-hydrogen) atoms. The molecule has 0 saturated carbocycles. The van der Waals surface area contributed by atoms with Gasteiger partial charge in [-0.05, 0) is 24.3 Å². The van der Waals surface area contributed by atoms with E-state index in [1.54, 1.807) is 19.2 Å². The van der Waals surface area contributed by atoms with Crippen LogP contribution in [0.5, 0.6) is 0 Å². The van der Waals surface area contributed by atoms with Gasteiger partial charge in [-0.3, -0.25) is 0 Å². The normalized spacial score (nSPS) is 11.9. The van der Waals surface area contributed by atoms with E-state index in [2.05, 4.69) is 4.98 Å². The lowest BCUT2D eigenvalue weighted by Crippen LogP contribution is -2.15. The number of nitrogens with two attached hydrogens (primary N) is 1. The van der Waals surface area contributed by atoms with Gasteiger partial charge in [-0.15, -0.1) is 0 Å². The van der Waals surface area contributed by atoms with Gasteiger partial charge >= 0.3 is 5.97 Å². The van der Waals surface area contributed by atoms with Gasteiger partial charge in [0.05, 0.1) is 22.9 Å². The van der Waals surface area contributed by atoms with Gasteiger partial charge in [0, 0.05) is 7.05 Å². The van der Waals surface area contributed by atoms with Gasteiger partial charge in [-0.2, -0.15) is 0 Å². The Hall–Kier alpha value is -2.65. The maximum Gasteiger partial charge on any atom is 0.335 e. The molecule has 0 unspecified atom stereocenters. The number of carbonyl (C=O) groups is 1. The van der Waals surface area contributed by atoms with E-state index in [1.807, 2.05) is 0 Å². The number of furan rings is 1. The number of rotatable bonds is 3. The lowest BCUT2D eigenvalue weighted by atomic mass is 10.2. The van der Waals surface area contributed by atoms with Crippen molar-refractivity contribution in [3.63, 3.8) is 0 Å². The molecule has 0 fully saturated rings. The number of carboxylic acid groups (broad SMARTS) is 1. The minimum Gasteiger partial charge on any atom is -0.478 e. The van der Waals surface area contributed by atoms with Crippen molar-refractivity contribution >= 4 is 27.0 Å². The number of carboxylic acids is 1. The standard InChI is InChI=1S/C13H11N3O5S/c1-16-11-8(15-12(16)9-3-2-4-21-9)5-7(13(17)18)6-10(11)22(14,19)20/h2-6H,1H3,(H,17,18)(H2,14,19,20). The van der Waals surface area contributed by atoms with Crippen LogP contribution in [-0.4, -0.2) is 29.0 Å². The molecule has 1 aromatic carbocycles. The lowest BCUT2D eigenvalue weighted by Gasteiger charge is -2.05. The third-order valence-corrected chi connectivity index (χ3v) is 4.15. The van der Waals surface area contributed by atoms with E-state index < -0.39 is 16.0 Å². The van der Waals surface area contributed by atoms with Crippen LogP contribution in [0.25, 0.3) is 22.6 Å². The first kappa shape index (κ1) is 14.3. The molecule has 0 bridgehead atoms. The summed E-state index contributed by atoms with van der Waals surface area (Å²) in [6.45, 7) is 0. The molecular weight excluding hydrogens is 310 g/mol. The molecule has 0 spiro atoms. The van der Waals surface area contributed by atoms with E-state index in [1.165, 1.54) is 16.9 Å². The van der Waals surface area contributed by atoms with Gasteiger partial charge in [-0.25, -0.2) is 23.3 Å². The monoisotopic (exact) mass is 321 g/mol. The quantitative estimate of drug-likeness (QED) is 0.745. The molecule has 0 radical (unpaired) electrons. The van der Waals surface area contributed by atoms with Gasteiger partial charge in [0.15, 0.2) is 11.6 Å². The number of aromatic nitrogens is 2. The second-order valence-electron chi connectivity index (χ2n) is 4.66. The van der Waals surface area contributed by atoms with Gasteiger partial charge in [-0.1, -0.05) is 0 Å². The number of aryl methyl sites for hydroxylation is 1. The Labute approximate surface area is 124 Å². The average molecular weight is 321 g/mol. The number of nitrogens with zero attached hydrogens (tertiary/aromatic N) is 2. The summed E-state index contributed by atoms with van der Waals surface area (Å²) in [5, 5.41) is 14.3. The summed E-state index contributed by atoms with van der Waals surface area (Å²) in [4.78, 5) is 15.1. The van der Waals surface area contributed by atoms with Crippen LogP contribution in [0.4, 0.5) is 0 Å². The predicted molar refractivity (Wildman–Crippen MR) is 76.7 cm³/mol. The van der Waals surface area contributed by atoms with Crippen molar-refractivity contribution in [3.8, 4) is 11.6 Å². The third kappa shape index (κ3) is 2.16. The van der Waals surface area contributed by atoms with Crippen LogP contribution >= 0.6 is 0 Å². The molecule has 3 aromatic rings. The summed E-state index contributed by atoms with van der Waals surface area (Å²) in [7, 11) is -2.52. The summed E-state index contributed by atoms with van der Waals surface area (Å²) >= 11 is 0. The maximum absolute atomic E-state index is 11.8. The Bertz CT molecular complexity index is 987. The van der Waals surface area contributed by atoms with E-state index in [9.17, 15) is 13.2 Å². The SMILES string of the molecule is Cn1c(-c2ccco2)nc2cc(C(=O)O)cc(S(N)(=O)=O)c21. The fourth-order valence-electron chi connectivity index (χ4n) is 2.28. The zero-order valence-electron chi connectivity index (χ0n) is 11.3. The molecule has 2 aromatic heterocycles. The molecule has 114 valence electrons. The Morgan fingerprint density at radius 2 is 2.14 bits per heavy atom. The van der Waals surface area contributed by atoms with Gasteiger partial charge < -0.3 is 14.1 Å². The smallest absolute Gasteiger partial charge is 0.335 e. The fraction of sp³-hybridized carbons (Fsp3) is 0.0769. The molecule has 0 atom stereocenters. The van der Waals surface area contributed by atoms with Crippen LogP contribution in [0.3, 0.4) is 0 Å². The number of benzene rings is 1. The summed E-state index contributed by atoms with van der Waals surface area (Å²) in [6.07, 6.45) is 1.46. The van der Waals surface area contributed by atoms with Crippen LogP contribution in [0.1, 0.15) is 10.4 Å². The fourth-order valence-corrected chi connectivity index (χ4v) is 3.08. The zero-order chi connectivity index (χ0) is 16.1. The number of aromatic carboxylic acids is 1. The second kappa shape index (κ2) is 4.68. The molecule has 0 amide bonds.